The number of hydrogen-bond acceptors (Lipinski definition) is 4. The molecule has 0 aromatic heterocycles. The first-order valence-corrected chi connectivity index (χ1v) is 8.86. The van der Waals surface area contributed by atoms with Crippen LogP contribution in [0.1, 0.15) is 38.9 Å². The van der Waals surface area contributed by atoms with Gasteiger partial charge in [-0.15, -0.1) is 0 Å². The minimum Gasteiger partial charge on any atom is -0.417 e. The minimum absolute atomic E-state index is 0.389. The molecule has 0 bridgehead atoms. The van der Waals surface area contributed by atoms with E-state index < -0.39 is 23.6 Å². The molecule has 0 N–H and O–H groups in total. The van der Waals surface area contributed by atoms with Gasteiger partial charge in [-0.1, -0.05) is 78.9 Å². The van der Waals surface area contributed by atoms with Gasteiger partial charge in [0.15, 0.2) is 0 Å². The van der Waals surface area contributed by atoms with E-state index in [1.54, 1.807) is 18.2 Å². The van der Waals surface area contributed by atoms with Crippen molar-refractivity contribution in [1.29, 1.82) is 0 Å². The van der Waals surface area contributed by atoms with E-state index in [2.05, 4.69) is 0 Å². The van der Waals surface area contributed by atoms with E-state index in [0.29, 0.717) is 11.1 Å². The van der Waals surface area contributed by atoms with Gasteiger partial charge < -0.3 is 9.47 Å². The summed E-state index contributed by atoms with van der Waals surface area (Å²) in [5.74, 6) is -3.33. The topological polar surface area (TPSA) is 52.6 Å². The standard InChI is InChI=1S/C23H16O4/c24-21-17-13-7-8-14-18(17)23(26-21)20(16-11-5-2-6-12-16)19(22(25)27-23)15-9-3-1-4-10-15/h1-14,19-20H. The highest BCUT2D eigenvalue weighted by atomic mass is 16.7. The van der Waals surface area contributed by atoms with Crippen LogP contribution in [0, 0.1) is 0 Å². The number of rotatable bonds is 2. The quantitative estimate of drug-likeness (QED) is 0.648. The van der Waals surface area contributed by atoms with Crippen LogP contribution in [0.2, 0.25) is 0 Å². The highest BCUT2D eigenvalue weighted by Crippen LogP contribution is 2.58. The largest absolute Gasteiger partial charge is 0.417 e. The summed E-state index contributed by atoms with van der Waals surface area (Å²) >= 11 is 0. The van der Waals surface area contributed by atoms with E-state index >= 15 is 0 Å². The molecule has 0 radical (unpaired) electrons. The number of carbonyl (C=O) groups excluding carboxylic acids is 2. The Morgan fingerprint density at radius 3 is 1.96 bits per heavy atom. The maximum atomic E-state index is 13.0. The molecule has 5 rings (SSSR count). The van der Waals surface area contributed by atoms with Gasteiger partial charge in [-0.2, -0.15) is 0 Å². The van der Waals surface area contributed by atoms with Crippen molar-refractivity contribution in [3.63, 3.8) is 0 Å². The van der Waals surface area contributed by atoms with E-state index in [0.717, 1.165) is 11.1 Å². The maximum absolute atomic E-state index is 13.0. The Hall–Kier alpha value is -3.40. The third-order valence-corrected chi connectivity index (χ3v) is 5.33. The lowest BCUT2D eigenvalue weighted by molar-refractivity contribution is -0.193. The van der Waals surface area contributed by atoms with Gasteiger partial charge in [0, 0.05) is 0 Å². The molecule has 0 saturated carbocycles. The fraction of sp³-hybridized carbons (Fsp3) is 0.130. The molecule has 2 aliphatic rings. The van der Waals surface area contributed by atoms with E-state index in [4.69, 9.17) is 9.47 Å². The first kappa shape index (κ1) is 15.8. The molecule has 0 aliphatic carbocycles. The molecule has 1 spiro atoms. The van der Waals surface area contributed by atoms with Gasteiger partial charge in [0.25, 0.3) is 5.79 Å². The lowest BCUT2D eigenvalue weighted by Crippen LogP contribution is -2.32. The molecular weight excluding hydrogens is 340 g/mol. The number of ether oxygens (including phenoxy) is 2. The summed E-state index contributed by atoms with van der Waals surface area (Å²) in [6.45, 7) is 0. The fourth-order valence-electron chi connectivity index (χ4n) is 4.21. The van der Waals surface area contributed by atoms with Crippen molar-refractivity contribution in [2.45, 2.75) is 17.6 Å². The van der Waals surface area contributed by atoms with Crippen LogP contribution in [0.4, 0.5) is 0 Å². The molecule has 4 heteroatoms. The first-order valence-electron chi connectivity index (χ1n) is 8.86. The molecule has 3 unspecified atom stereocenters. The highest BCUT2D eigenvalue weighted by molar-refractivity contribution is 5.96. The molecule has 3 aromatic carbocycles. The van der Waals surface area contributed by atoms with E-state index in [1.807, 2.05) is 66.7 Å². The Balaban J connectivity index is 1.75. The predicted octanol–water partition coefficient (Wildman–Crippen LogP) is 4.13. The molecule has 3 atom stereocenters. The van der Waals surface area contributed by atoms with Gasteiger partial charge in [0.2, 0.25) is 0 Å². The maximum Gasteiger partial charge on any atom is 0.342 e. The van der Waals surface area contributed by atoms with Gasteiger partial charge in [-0.25, -0.2) is 4.79 Å². The molecule has 27 heavy (non-hydrogen) atoms. The second-order valence-electron chi connectivity index (χ2n) is 6.80. The van der Waals surface area contributed by atoms with Gasteiger partial charge in [-0.05, 0) is 17.2 Å². The summed E-state index contributed by atoms with van der Waals surface area (Å²) in [7, 11) is 0. The SMILES string of the molecule is O=C1OC2(OC(=O)C(c3ccccc3)C2c2ccccc2)c2ccccc21. The average molecular weight is 356 g/mol. The van der Waals surface area contributed by atoms with Crippen LogP contribution in [0.25, 0.3) is 0 Å². The Morgan fingerprint density at radius 1 is 0.667 bits per heavy atom. The van der Waals surface area contributed by atoms with Crippen molar-refractivity contribution in [1.82, 2.24) is 0 Å². The summed E-state index contributed by atoms with van der Waals surface area (Å²) in [6, 6.07) is 26.3. The second kappa shape index (κ2) is 5.81. The van der Waals surface area contributed by atoms with Crippen molar-refractivity contribution in [3.05, 3.63) is 107 Å². The molecule has 2 heterocycles. The van der Waals surface area contributed by atoms with Crippen molar-refractivity contribution < 1.29 is 19.1 Å². The second-order valence-corrected chi connectivity index (χ2v) is 6.80. The van der Waals surface area contributed by atoms with Crippen molar-refractivity contribution in [3.8, 4) is 0 Å². The molecule has 2 aliphatic heterocycles. The number of fused-ring (bicyclic) bond motifs is 2. The Morgan fingerprint density at radius 2 is 1.26 bits per heavy atom. The van der Waals surface area contributed by atoms with Crippen molar-refractivity contribution >= 4 is 11.9 Å². The molecule has 0 amide bonds. The minimum atomic E-state index is -1.44. The van der Waals surface area contributed by atoms with Crippen molar-refractivity contribution in [2.24, 2.45) is 0 Å². The molecule has 132 valence electrons. The zero-order chi connectivity index (χ0) is 18.4. The third kappa shape index (κ3) is 2.23. The van der Waals surface area contributed by atoms with Gasteiger partial charge in [0.1, 0.15) is 0 Å². The number of esters is 2. The third-order valence-electron chi connectivity index (χ3n) is 5.33. The summed E-state index contributed by atoms with van der Waals surface area (Å²) in [5.41, 5.74) is 2.78. The number of carbonyl (C=O) groups is 2. The number of hydrogen-bond donors (Lipinski definition) is 0. The Bertz CT molecular complexity index is 1030. The first-order chi connectivity index (χ1) is 13.2. The Kier molecular flexibility index (Phi) is 3.41. The zero-order valence-corrected chi connectivity index (χ0v) is 14.4. The Labute approximate surface area is 156 Å². The van der Waals surface area contributed by atoms with Gasteiger partial charge >= 0.3 is 11.9 Å². The van der Waals surface area contributed by atoms with Crippen molar-refractivity contribution in [2.75, 3.05) is 0 Å². The molecular formula is C23H16O4. The summed E-state index contributed by atoms with van der Waals surface area (Å²) in [5, 5.41) is 0. The van der Waals surface area contributed by atoms with Crippen LogP contribution in [-0.4, -0.2) is 11.9 Å². The summed E-state index contributed by atoms with van der Waals surface area (Å²) in [4.78, 5) is 25.6. The average Bonchev–Trinajstić information content (AvgIpc) is 3.17. The van der Waals surface area contributed by atoms with Crippen LogP contribution < -0.4 is 0 Å². The van der Waals surface area contributed by atoms with E-state index in [1.165, 1.54) is 0 Å². The summed E-state index contributed by atoms with van der Waals surface area (Å²) in [6.07, 6.45) is 0. The van der Waals surface area contributed by atoms with Crippen LogP contribution >= 0.6 is 0 Å². The van der Waals surface area contributed by atoms with Gasteiger partial charge in [0.05, 0.1) is 23.0 Å². The molecule has 1 saturated heterocycles. The van der Waals surface area contributed by atoms with Crippen LogP contribution in [0.5, 0.6) is 0 Å². The van der Waals surface area contributed by atoms with Crippen LogP contribution in [0.3, 0.4) is 0 Å². The van der Waals surface area contributed by atoms with E-state index in [-0.39, 0.29) is 5.97 Å². The molecule has 4 nitrogen and oxygen atoms in total. The highest BCUT2D eigenvalue weighted by Gasteiger charge is 2.64. The monoisotopic (exact) mass is 356 g/mol. The van der Waals surface area contributed by atoms with Crippen LogP contribution in [0.15, 0.2) is 84.9 Å². The van der Waals surface area contributed by atoms with Crippen LogP contribution in [-0.2, 0) is 20.1 Å². The fourth-order valence-corrected chi connectivity index (χ4v) is 4.21. The normalized spacial score (nSPS) is 25.9. The lowest BCUT2D eigenvalue weighted by atomic mass is 9.76. The zero-order valence-electron chi connectivity index (χ0n) is 14.4. The molecule has 1 fully saturated rings. The summed E-state index contributed by atoms with van der Waals surface area (Å²) < 4.78 is 11.6. The lowest BCUT2D eigenvalue weighted by Gasteiger charge is -2.30. The smallest absolute Gasteiger partial charge is 0.342 e. The predicted molar refractivity (Wildman–Crippen MR) is 98.0 cm³/mol. The molecule has 3 aromatic rings. The van der Waals surface area contributed by atoms with Gasteiger partial charge in [-0.3, -0.25) is 4.79 Å². The van der Waals surface area contributed by atoms with E-state index in [9.17, 15) is 9.59 Å². The number of benzene rings is 3.